The standard InChI is InChI=1S/C15H17NO.C2H6/c16-15(11-17)10-12-6-8-14(9-7-12)13-4-2-1-3-5-13;1-2/h1-9,15,17H,10-11,16H2;1-2H3. The summed E-state index contributed by atoms with van der Waals surface area (Å²) in [6, 6.07) is 18.4. The maximum Gasteiger partial charge on any atom is 0.0585 e. The SMILES string of the molecule is CC.NC(CO)Cc1ccc(-c2ccccc2)cc1. The van der Waals surface area contributed by atoms with E-state index >= 15 is 0 Å². The molecule has 3 N–H and O–H groups in total. The van der Waals surface area contributed by atoms with Crippen molar-refractivity contribution in [1.29, 1.82) is 0 Å². The summed E-state index contributed by atoms with van der Waals surface area (Å²) in [5.41, 5.74) is 9.28. The van der Waals surface area contributed by atoms with Gasteiger partial charge in [0, 0.05) is 6.04 Å². The molecule has 2 rings (SSSR count). The van der Waals surface area contributed by atoms with Gasteiger partial charge in [0.15, 0.2) is 0 Å². The Morgan fingerprint density at radius 1 is 0.895 bits per heavy atom. The van der Waals surface area contributed by atoms with Gasteiger partial charge in [0.2, 0.25) is 0 Å². The van der Waals surface area contributed by atoms with Gasteiger partial charge in [-0.25, -0.2) is 0 Å². The number of benzene rings is 2. The third-order valence-corrected chi connectivity index (χ3v) is 2.79. The van der Waals surface area contributed by atoms with Crippen LogP contribution in [0.5, 0.6) is 0 Å². The van der Waals surface area contributed by atoms with Crippen molar-refractivity contribution in [1.82, 2.24) is 0 Å². The summed E-state index contributed by atoms with van der Waals surface area (Å²) in [7, 11) is 0. The van der Waals surface area contributed by atoms with Gasteiger partial charge in [-0.1, -0.05) is 68.4 Å². The molecule has 1 atom stereocenters. The first-order valence-electron chi connectivity index (χ1n) is 6.80. The van der Waals surface area contributed by atoms with Crippen LogP contribution in [0.1, 0.15) is 19.4 Å². The Morgan fingerprint density at radius 2 is 1.42 bits per heavy atom. The third kappa shape index (κ3) is 4.86. The van der Waals surface area contributed by atoms with E-state index in [2.05, 4.69) is 36.4 Å². The highest BCUT2D eigenvalue weighted by Crippen LogP contribution is 2.19. The Bertz CT molecular complexity index is 450. The molecule has 19 heavy (non-hydrogen) atoms. The van der Waals surface area contributed by atoms with Crippen molar-refractivity contribution in [2.75, 3.05) is 6.61 Å². The van der Waals surface area contributed by atoms with Crippen LogP contribution < -0.4 is 5.73 Å². The average molecular weight is 257 g/mol. The van der Waals surface area contributed by atoms with Gasteiger partial charge in [-0.05, 0) is 23.1 Å². The predicted molar refractivity (Wildman–Crippen MR) is 82.0 cm³/mol. The maximum absolute atomic E-state index is 8.90. The van der Waals surface area contributed by atoms with Gasteiger partial charge in [-0.3, -0.25) is 0 Å². The van der Waals surface area contributed by atoms with E-state index in [9.17, 15) is 0 Å². The molecule has 2 aromatic rings. The van der Waals surface area contributed by atoms with Crippen LogP contribution in [0.2, 0.25) is 0 Å². The second kappa shape index (κ2) is 8.46. The fraction of sp³-hybridized carbons (Fsp3) is 0.294. The van der Waals surface area contributed by atoms with Gasteiger partial charge in [0.05, 0.1) is 6.61 Å². The van der Waals surface area contributed by atoms with Crippen molar-refractivity contribution >= 4 is 0 Å². The molecule has 0 aliphatic rings. The summed E-state index contributed by atoms with van der Waals surface area (Å²) in [4.78, 5) is 0. The van der Waals surface area contributed by atoms with E-state index in [0.29, 0.717) is 6.42 Å². The summed E-state index contributed by atoms with van der Waals surface area (Å²) in [5.74, 6) is 0. The average Bonchev–Trinajstić information content (AvgIpc) is 2.51. The molecular formula is C17H23NO. The molecule has 0 aromatic heterocycles. The van der Waals surface area contributed by atoms with E-state index in [4.69, 9.17) is 10.8 Å². The molecule has 102 valence electrons. The number of rotatable bonds is 4. The predicted octanol–water partition coefficient (Wildman–Crippen LogP) is 3.24. The molecule has 0 saturated carbocycles. The molecule has 2 aromatic carbocycles. The summed E-state index contributed by atoms with van der Waals surface area (Å²) in [6.45, 7) is 4.03. The first-order chi connectivity index (χ1) is 9.29. The molecule has 0 radical (unpaired) electrons. The zero-order chi connectivity index (χ0) is 14.1. The van der Waals surface area contributed by atoms with E-state index in [1.54, 1.807) is 0 Å². The van der Waals surface area contributed by atoms with Gasteiger partial charge in [-0.15, -0.1) is 0 Å². The summed E-state index contributed by atoms with van der Waals surface area (Å²) >= 11 is 0. The second-order valence-electron chi connectivity index (χ2n) is 4.21. The van der Waals surface area contributed by atoms with Crippen molar-refractivity contribution in [2.45, 2.75) is 26.3 Å². The Morgan fingerprint density at radius 3 is 1.95 bits per heavy atom. The molecule has 0 amide bonds. The third-order valence-electron chi connectivity index (χ3n) is 2.79. The fourth-order valence-corrected chi connectivity index (χ4v) is 1.83. The molecule has 0 bridgehead atoms. The van der Waals surface area contributed by atoms with E-state index in [1.807, 2.05) is 32.0 Å². The van der Waals surface area contributed by atoms with Gasteiger partial charge >= 0.3 is 0 Å². The van der Waals surface area contributed by atoms with Crippen LogP contribution >= 0.6 is 0 Å². The van der Waals surface area contributed by atoms with Crippen LogP contribution in [-0.4, -0.2) is 17.8 Å². The van der Waals surface area contributed by atoms with E-state index < -0.39 is 0 Å². The lowest BCUT2D eigenvalue weighted by molar-refractivity contribution is 0.265. The zero-order valence-corrected chi connectivity index (χ0v) is 11.7. The minimum atomic E-state index is -0.169. The monoisotopic (exact) mass is 257 g/mol. The Hall–Kier alpha value is -1.64. The van der Waals surface area contributed by atoms with Crippen LogP contribution in [0.4, 0.5) is 0 Å². The molecule has 0 saturated heterocycles. The van der Waals surface area contributed by atoms with E-state index in [-0.39, 0.29) is 12.6 Å². The van der Waals surface area contributed by atoms with Crippen LogP contribution in [0.15, 0.2) is 54.6 Å². The molecule has 2 heteroatoms. The highest BCUT2D eigenvalue weighted by Gasteiger charge is 2.02. The number of nitrogens with two attached hydrogens (primary N) is 1. The lowest BCUT2D eigenvalue weighted by atomic mass is 10.0. The molecule has 2 nitrogen and oxygen atoms in total. The van der Waals surface area contributed by atoms with Crippen LogP contribution in [-0.2, 0) is 6.42 Å². The molecule has 0 spiro atoms. The summed E-state index contributed by atoms with van der Waals surface area (Å²) in [6.07, 6.45) is 0.714. The molecule has 1 unspecified atom stereocenters. The van der Waals surface area contributed by atoms with Crippen molar-refractivity contribution in [3.8, 4) is 11.1 Å². The summed E-state index contributed by atoms with van der Waals surface area (Å²) in [5, 5.41) is 8.90. The minimum Gasteiger partial charge on any atom is -0.395 e. The van der Waals surface area contributed by atoms with Crippen LogP contribution in [0.3, 0.4) is 0 Å². The lowest BCUT2D eigenvalue weighted by Crippen LogP contribution is -2.26. The molecular weight excluding hydrogens is 234 g/mol. The Balaban J connectivity index is 0.000000861. The first-order valence-corrected chi connectivity index (χ1v) is 6.80. The van der Waals surface area contributed by atoms with Gasteiger partial charge in [0.1, 0.15) is 0 Å². The van der Waals surface area contributed by atoms with Gasteiger partial charge in [-0.2, -0.15) is 0 Å². The Kier molecular flexibility index (Phi) is 6.86. The van der Waals surface area contributed by atoms with E-state index in [1.165, 1.54) is 11.1 Å². The minimum absolute atomic E-state index is 0.0282. The quantitative estimate of drug-likeness (QED) is 0.883. The molecule has 0 heterocycles. The number of aliphatic hydroxyl groups excluding tert-OH is 1. The van der Waals surface area contributed by atoms with Crippen molar-refractivity contribution in [2.24, 2.45) is 5.73 Å². The van der Waals surface area contributed by atoms with Gasteiger partial charge in [0.25, 0.3) is 0 Å². The molecule has 0 fully saturated rings. The molecule has 0 aliphatic carbocycles. The normalized spacial score (nSPS) is 11.4. The topological polar surface area (TPSA) is 46.2 Å². The fourth-order valence-electron chi connectivity index (χ4n) is 1.83. The van der Waals surface area contributed by atoms with Crippen molar-refractivity contribution < 1.29 is 5.11 Å². The Labute approximate surface area is 115 Å². The number of aliphatic hydroxyl groups is 1. The molecule has 0 aliphatic heterocycles. The highest BCUT2D eigenvalue weighted by molar-refractivity contribution is 5.63. The van der Waals surface area contributed by atoms with E-state index in [0.717, 1.165) is 5.56 Å². The van der Waals surface area contributed by atoms with Crippen LogP contribution in [0.25, 0.3) is 11.1 Å². The number of hydrogen-bond acceptors (Lipinski definition) is 2. The summed E-state index contributed by atoms with van der Waals surface area (Å²) < 4.78 is 0. The van der Waals surface area contributed by atoms with Crippen molar-refractivity contribution in [3.05, 3.63) is 60.2 Å². The largest absolute Gasteiger partial charge is 0.395 e. The van der Waals surface area contributed by atoms with Gasteiger partial charge < -0.3 is 10.8 Å². The van der Waals surface area contributed by atoms with Crippen molar-refractivity contribution in [3.63, 3.8) is 0 Å². The first kappa shape index (κ1) is 15.4. The van der Waals surface area contributed by atoms with Crippen LogP contribution in [0, 0.1) is 0 Å². The smallest absolute Gasteiger partial charge is 0.0585 e. The second-order valence-corrected chi connectivity index (χ2v) is 4.21. The zero-order valence-electron chi connectivity index (χ0n) is 11.7. The lowest BCUT2D eigenvalue weighted by Gasteiger charge is -2.08. The highest BCUT2D eigenvalue weighted by atomic mass is 16.3. The number of hydrogen-bond donors (Lipinski definition) is 2. The maximum atomic E-state index is 8.90.